The predicted molar refractivity (Wildman–Crippen MR) is 101 cm³/mol. The standard InChI is InChI=1S/C19H23ClN4O/c1-4-9-24-13(2)17(11-22-24)19(25)21-8-7-14-12-23(3)18-6-5-15(20)10-16(14)18/h5-6,10-12H,4,7-9H2,1-3H3,(H,21,25). The van der Waals surface area contributed by atoms with E-state index in [-0.39, 0.29) is 5.91 Å². The Morgan fingerprint density at radius 3 is 2.92 bits per heavy atom. The number of nitrogens with one attached hydrogen (secondary N) is 1. The molecule has 1 aromatic carbocycles. The topological polar surface area (TPSA) is 51.9 Å². The van der Waals surface area contributed by atoms with Crippen LogP contribution < -0.4 is 5.32 Å². The minimum Gasteiger partial charge on any atom is -0.352 e. The molecule has 0 spiro atoms. The van der Waals surface area contributed by atoms with Crippen LogP contribution in [0.4, 0.5) is 0 Å². The molecule has 0 aliphatic carbocycles. The first-order valence-electron chi connectivity index (χ1n) is 8.55. The smallest absolute Gasteiger partial charge is 0.254 e. The zero-order valence-electron chi connectivity index (χ0n) is 14.8. The first kappa shape index (κ1) is 17.5. The lowest BCUT2D eigenvalue weighted by atomic mass is 10.1. The molecule has 0 saturated carbocycles. The molecule has 5 nitrogen and oxygen atoms in total. The van der Waals surface area contributed by atoms with E-state index < -0.39 is 0 Å². The molecule has 0 radical (unpaired) electrons. The number of aryl methyl sites for hydroxylation is 2. The second-order valence-electron chi connectivity index (χ2n) is 6.30. The Balaban J connectivity index is 1.67. The van der Waals surface area contributed by atoms with Crippen LogP contribution in [-0.2, 0) is 20.0 Å². The molecule has 1 N–H and O–H groups in total. The number of aromatic nitrogens is 3. The van der Waals surface area contributed by atoms with Crippen molar-refractivity contribution < 1.29 is 4.79 Å². The molecule has 132 valence electrons. The molecule has 0 fully saturated rings. The van der Waals surface area contributed by atoms with Gasteiger partial charge in [0, 0.05) is 48.0 Å². The van der Waals surface area contributed by atoms with Gasteiger partial charge in [-0.1, -0.05) is 18.5 Å². The maximum atomic E-state index is 12.4. The molecule has 3 rings (SSSR count). The van der Waals surface area contributed by atoms with E-state index >= 15 is 0 Å². The van der Waals surface area contributed by atoms with Gasteiger partial charge in [-0.05, 0) is 43.5 Å². The van der Waals surface area contributed by atoms with E-state index in [2.05, 4.69) is 28.1 Å². The third-order valence-corrected chi connectivity index (χ3v) is 4.73. The summed E-state index contributed by atoms with van der Waals surface area (Å²) < 4.78 is 3.96. The Bertz CT molecular complexity index is 910. The third-order valence-electron chi connectivity index (χ3n) is 4.50. The molecular weight excluding hydrogens is 336 g/mol. The van der Waals surface area contributed by atoms with Crippen molar-refractivity contribution in [3.05, 3.63) is 52.4 Å². The van der Waals surface area contributed by atoms with Crippen LogP contribution in [0.1, 0.15) is 35.0 Å². The Kier molecular flexibility index (Phi) is 5.13. The summed E-state index contributed by atoms with van der Waals surface area (Å²) in [6.07, 6.45) is 5.49. The minimum absolute atomic E-state index is 0.0712. The summed E-state index contributed by atoms with van der Waals surface area (Å²) in [5.74, 6) is -0.0712. The summed E-state index contributed by atoms with van der Waals surface area (Å²) >= 11 is 6.12. The highest BCUT2D eigenvalue weighted by Crippen LogP contribution is 2.24. The van der Waals surface area contributed by atoms with E-state index in [1.165, 1.54) is 5.56 Å². The lowest BCUT2D eigenvalue weighted by Gasteiger charge is -2.06. The van der Waals surface area contributed by atoms with Crippen molar-refractivity contribution in [2.45, 2.75) is 33.2 Å². The maximum Gasteiger partial charge on any atom is 0.254 e. The number of hydrogen-bond acceptors (Lipinski definition) is 2. The molecule has 0 aliphatic heterocycles. The van der Waals surface area contributed by atoms with Crippen molar-refractivity contribution in [3.8, 4) is 0 Å². The van der Waals surface area contributed by atoms with Crippen LogP contribution in [0.15, 0.2) is 30.6 Å². The summed E-state index contributed by atoms with van der Waals surface area (Å²) in [6, 6.07) is 5.89. The van der Waals surface area contributed by atoms with Gasteiger partial charge >= 0.3 is 0 Å². The van der Waals surface area contributed by atoms with Gasteiger partial charge in [0.2, 0.25) is 0 Å². The van der Waals surface area contributed by atoms with Gasteiger partial charge in [-0.25, -0.2) is 0 Å². The second kappa shape index (κ2) is 7.31. The second-order valence-corrected chi connectivity index (χ2v) is 6.74. The minimum atomic E-state index is -0.0712. The Hall–Kier alpha value is -2.27. The molecule has 0 unspecified atom stereocenters. The largest absolute Gasteiger partial charge is 0.352 e. The number of fused-ring (bicyclic) bond motifs is 1. The van der Waals surface area contributed by atoms with Gasteiger partial charge in [0.25, 0.3) is 5.91 Å². The first-order chi connectivity index (χ1) is 12.0. The van der Waals surface area contributed by atoms with Crippen LogP contribution in [0.3, 0.4) is 0 Å². The Morgan fingerprint density at radius 1 is 1.36 bits per heavy atom. The molecule has 6 heteroatoms. The fourth-order valence-corrected chi connectivity index (χ4v) is 3.33. The molecular formula is C19H23ClN4O. The average Bonchev–Trinajstić information content (AvgIpc) is 3.09. The van der Waals surface area contributed by atoms with E-state index in [1.807, 2.05) is 36.9 Å². The zero-order chi connectivity index (χ0) is 18.0. The number of carbonyl (C=O) groups is 1. The van der Waals surface area contributed by atoms with Crippen LogP contribution >= 0.6 is 11.6 Å². The zero-order valence-corrected chi connectivity index (χ0v) is 15.6. The summed E-state index contributed by atoms with van der Waals surface area (Å²) in [4.78, 5) is 12.4. The number of benzene rings is 1. The Labute approximate surface area is 152 Å². The fourth-order valence-electron chi connectivity index (χ4n) is 3.16. The number of nitrogens with zero attached hydrogens (tertiary/aromatic N) is 3. The normalized spacial score (nSPS) is 11.2. The number of hydrogen-bond donors (Lipinski definition) is 1. The molecule has 0 bridgehead atoms. The SMILES string of the molecule is CCCn1ncc(C(=O)NCCc2cn(C)c3ccc(Cl)cc23)c1C. The molecule has 1 amide bonds. The number of amides is 1. The molecule has 0 atom stereocenters. The van der Waals surface area contributed by atoms with E-state index in [1.54, 1.807) is 6.20 Å². The molecule has 25 heavy (non-hydrogen) atoms. The van der Waals surface area contributed by atoms with Crippen molar-refractivity contribution in [3.63, 3.8) is 0 Å². The molecule has 2 heterocycles. The highest BCUT2D eigenvalue weighted by Gasteiger charge is 2.14. The van der Waals surface area contributed by atoms with Gasteiger partial charge < -0.3 is 9.88 Å². The fraction of sp³-hybridized carbons (Fsp3) is 0.368. The molecule has 0 aliphatic rings. The monoisotopic (exact) mass is 358 g/mol. The van der Waals surface area contributed by atoms with E-state index in [9.17, 15) is 4.79 Å². The van der Waals surface area contributed by atoms with E-state index in [0.29, 0.717) is 12.1 Å². The lowest BCUT2D eigenvalue weighted by Crippen LogP contribution is -2.26. The summed E-state index contributed by atoms with van der Waals surface area (Å²) in [5, 5.41) is 9.14. The van der Waals surface area contributed by atoms with Crippen molar-refractivity contribution >= 4 is 28.4 Å². The maximum absolute atomic E-state index is 12.4. The Morgan fingerprint density at radius 2 is 2.16 bits per heavy atom. The van der Waals surface area contributed by atoms with Gasteiger partial charge in [-0.3, -0.25) is 9.48 Å². The van der Waals surface area contributed by atoms with Crippen molar-refractivity contribution in [2.75, 3.05) is 6.54 Å². The summed E-state index contributed by atoms with van der Waals surface area (Å²) in [5.41, 5.74) is 3.88. The van der Waals surface area contributed by atoms with Crippen LogP contribution in [0, 0.1) is 6.92 Å². The van der Waals surface area contributed by atoms with Crippen molar-refractivity contribution in [2.24, 2.45) is 7.05 Å². The van der Waals surface area contributed by atoms with Crippen LogP contribution in [0.5, 0.6) is 0 Å². The third kappa shape index (κ3) is 3.56. The van der Waals surface area contributed by atoms with Crippen molar-refractivity contribution in [1.82, 2.24) is 19.7 Å². The highest BCUT2D eigenvalue weighted by molar-refractivity contribution is 6.31. The predicted octanol–water partition coefficient (Wildman–Crippen LogP) is 3.72. The average molecular weight is 359 g/mol. The summed E-state index contributed by atoms with van der Waals surface area (Å²) in [6.45, 7) is 5.43. The molecule has 3 aromatic rings. The molecule has 2 aromatic heterocycles. The highest BCUT2D eigenvalue weighted by atomic mass is 35.5. The summed E-state index contributed by atoms with van der Waals surface area (Å²) in [7, 11) is 2.02. The van der Waals surface area contributed by atoms with Crippen LogP contribution in [0.2, 0.25) is 5.02 Å². The first-order valence-corrected chi connectivity index (χ1v) is 8.93. The molecule has 0 saturated heterocycles. The quantitative estimate of drug-likeness (QED) is 0.730. The van der Waals surface area contributed by atoms with Gasteiger partial charge in [-0.2, -0.15) is 5.10 Å². The van der Waals surface area contributed by atoms with Crippen LogP contribution in [-0.4, -0.2) is 26.8 Å². The van der Waals surface area contributed by atoms with Gasteiger partial charge in [0.05, 0.1) is 11.8 Å². The number of halogens is 1. The number of carbonyl (C=O) groups excluding carboxylic acids is 1. The van der Waals surface area contributed by atoms with Gasteiger partial charge in [-0.15, -0.1) is 0 Å². The van der Waals surface area contributed by atoms with Gasteiger partial charge in [0.1, 0.15) is 0 Å². The van der Waals surface area contributed by atoms with Crippen molar-refractivity contribution in [1.29, 1.82) is 0 Å². The van der Waals surface area contributed by atoms with E-state index in [0.717, 1.165) is 41.0 Å². The van der Waals surface area contributed by atoms with E-state index in [4.69, 9.17) is 11.6 Å². The number of rotatable bonds is 6. The van der Waals surface area contributed by atoms with Gasteiger partial charge in [0.15, 0.2) is 0 Å². The lowest BCUT2D eigenvalue weighted by molar-refractivity contribution is 0.0953. The van der Waals surface area contributed by atoms with Crippen LogP contribution in [0.25, 0.3) is 10.9 Å².